The molecule has 2 rings (SSSR count). The topological polar surface area (TPSA) is 50.8 Å². The molecule has 5 heteroatoms. The lowest BCUT2D eigenvalue weighted by Crippen LogP contribution is -2.24. The van der Waals surface area contributed by atoms with Crippen LogP contribution >= 0.6 is 0 Å². The van der Waals surface area contributed by atoms with Crippen LogP contribution in [0.4, 0.5) is 5.69 Å². The van der Waals surface area contributed by atoms with Gasteiger partial charge in [-0.2, -0.15) is 0 Å². The van der Waals surface area contributed by atoms with Crippen molar-refractivity contribution in [3.8, 4) is 23.3 Å². The third-order valence-electron chi connectivity index (χ3n) is 3.60. The number of nitrogens with one attached hydrogen (secondary N) is 1. The van der Waals surface area contributed by atoms with Gasteiger partial charge in [-0.05, 0) is 24.3 Å². The van der Waals surface area contributed by atoms with Crippen molar-refractivity contribution in [1.29, 1.82) is 0 Å². The van der Waals surface area contributed by atoms with Crippen molar-refractivity contribution in [1.82, 2.24) is 5.32 Å². The number of hydrogen-bond acceptors (Lipinski definition) is 4. The number of hydrogen-bond donors (Lipinski definition) is 1. The van der Waals surface area contributed by atoms with Gasteiger partial charge < -0.3 is 19.7 Å². The van der Waals surface area contributed by atoms with Gasteiger partial charge >= 0.3 is 0 Å². The number of carbonyl (C=O) groups is 1. The van der Waals surface area contributed by atoms with Gasteiger partial charge in [-0.3, -0.25) is 4.79 Å². The van der Waals surface area contributed by atoms with Gasteiger partial charge in [0.1, 0.15) is 11.5 Å². The second-order valence-corrected chi connectivity index (χ2v) is 5.46. The van der Waals surface area contributed by atoms with Crippen LogP contribution in [-0.4, -0.2) is 40.8 Å². The standard InChI is InChI=1S/C20H22N2O3/c1-22(2)18-10-6-5-8-15(18)9-7-13-21-20(23)17-12-11-16(24-3)14-19(17)25-4/h5-6,8,10-12,14H,13H2,1-4H3,(H,21,23). The molecule has 0 aliphatic carbocycles. The first-order chi connectivity index (χ1) is 12.1. The summed E-state index contributed by atoms with van der Waals surface area (Å²) in [5.41, 5.74) is 2.40. The molecule has 0 unspecified atom stereocenters. The number of ether oxygens (including phenoxy) is 2. The number of rotatable bonds is 5. The Balaban J connectivity index is 2.05. The lowest BCUT2D eigenvalue weighted by atomic mass is 10.1. The van der Waals surface area contributed by atoms with Crippen LogP contribution in [0.3, 0.4) is 0 Å². The van der Waals surface area contributed by atoms with Gasteiger partial charge in [0.2, 0.25) is 0 Å². The average Bonchev–Trinajstić information content (AvgIpc) is 2.64. The summed E-state index contributed by atoms with van der Waals surface area (Å²) in [6, 6.07) is 12.9. The van der Waals surface area contributed by atoms with E-state index in [0.29, 0.717) is 17.1 Å². The van der Waals surface area contributed by atoms with Crippen LogP contribution < -0.4 is 19.7 Å². The molecule has 1 amide bonds. The van der Waals surface area contributed by atoms with E-state index in [1.165, 1.54) is 7.11 Å². The van der Waals surface area contributed by atoms with Gasteiger partial charge in [0.25, 0.3) is 5.91 Å². The molecule has 0 aliphatic rings. The Bertz CT molecular complexity index is 804. The smallest absolute Gasteiger partial charge is 0.255 e. The molecule has 0 fully saturated rings. The van der Waals surface area contributed by atoms with E-state index in [4.69, 9.17) is 9.47 Å². The Labute approximate surface area is 148 Å². The van der Waals surface area contributed by atoms with Crippen molar-refractivity contribution in [2.45, 2.75) is 0 Å². The van der Waals surface area contributed by atoms with Gasteiger partial charge in [0.05, 0.1) is 32.0 Å². The number of para-hydroxylation sites is 1. The molecule has 2 aromatic carbocycles. The van der Waals surface area contributed by atoms with Gasteiger partial charge in [-0.15, -0.1) is 0 Å². The molecular formula is C20H22N2O3. The molecule has 0 aliphatic heterocycles. The molecule has 0 radical (unpaired) electrons. The zero-order valence-electron chi connectivity index (χ0n) is 14.9. The second kappa shape index (κ2) is 8.65. The fourth-order valence-corrected chi connectivity index (χ4v) is 2.31. The number of anilines is 1. The zero-order chi connectivity index (χ0) is 18.2. The first-order valence-electron chi connectivity index (χ1n) is 7.82. The zero-order valence-corrected chi connectivity index (χ0v) is 14.9. The minimum Gasteiger partial charge on any atom is -0.497 e. The summed E-state index contributed by atoms with van der Waals surface area (Å²) < 4.78 is 10.4. The second-order valence-electron chi connectivity index (χ2n) is 5.46. The van der Waals surface area contributed by atoms with Crippen LogP contribution in [0.1, 0.15) is 15.9 Å². The lowest BCUT2D eigenvalue weighted by molar-refractivity contribution is 0.0955. The van der Waals surface area contributed by atoms with E-state index in [1.807, 2.05) is 43.3 Å². The molecule has 1 N–H and O–H groups in total. The number of amides is 1. The number of methoxy groups -OCH3 is 2. The monoisotopic (exact) mass is 338 g/mol. The van der Waals surface area contributed by atoms with Crippen LogP contribution in [0.25, 0.3) is 0 Å². The minimum atomic E-state index is -0.241. The van der Waals surface area contributed by atoms with Crippen LogP contribution in [0.5, 0.6) is 11.5 Å². The summed E-state index contributed by atoms with van der Waals surface area (Å²) >= 11 is 0. The Hall–Kier alpha value is -3.13. The predicted molar refractivity (Wildman–Crippen MR) is 99.5 cm³/mol. The molecule has 2 aromatic rings. The summed E-state index contributed by atoms with van der Waals surface area (Å²) in [7, 11) is 7.02. The van der Waals surface area contributed by atoms with Gasteiger partial charge in [0.15, 0.2) is 0 Å². The SMILES string of the molecule is COc1ccc(C(=O)NCC#Cc2ccccc2N(C)C)c(OC)c1. The fraction of sp³-hybridized carbons (Fsp3) is 0.250. The summed E-state index contributed by atoms with van der Waals surface area (Å²) in [5, 5.41) is 2.78. The predicted octanol–water partition coefficient (Wildman–Crippen LogP) is 2.55. The van der Waals surface area contributed by atoms with Crippen molar-refractivity contribution < 1.29 is 14.3 Å². The minimum absolute atomic E-state index is 0.241. The third kappa shape index (κ3) is 4.67. The van der Waals surface area contributed by atoms with Crippen molar-refractivity contribution >= 4 is 11.6 Å². The molecule has 25 heavy (non-hydrogen) atoms. The maximum atomic E-state index is 12.3. The molecule has 0 heterocycles. The number of nitrogens with zero attached hydrogens (tertiary/aromatic N) is 1. The van der Waals surface area contributed by atoms with E-state index in [9.17, 15) is 4.79 Å². The summed E-state index contributed by atoms with van der Waals surface area (Å²) in [4.78, 5) is 14.3. The van der Waals surface area contributed by atoms with Crippen molar-refractivity contribution in [2.75, 3.05) is 39.8 Å². The van der Waals surface area contributed by atoms with E-state index in [1.54, 1.807) is 25.3 Å². The van der Waals surface area contributed by atoms with Gasteiger partial charge in [-0.1, -0.05) is 24.0 Å². The van der Waals surface area contributed by atoms with Crippen LogP contribution in [-0.2, 0) is 0 Å². The van der Waals surface area contributed by atoms with Crippen molar-refractivity contribution in [3.63, 3.8) is 0 Å². The summed E-state index contributed by atoms with van der Waals surface area (Å²) in [6.45, 7) is 0.246. The average molecular weight is 338 g/mol. The van der Waals surface area contributed by atoms with E-state index >= 15 is 0 Å². The Morgan fingerprint density at radius 2 is 1.88 bits per heavy atom. The maximum Gasteiger partial charge on any atom is 0.255 e. The summed E-state index contributed by atoms with van der Waals surface area (Å²) in [5.74, 6) is 6.93. The molecule has 0 bridgehead atoms. The fourth-order valence-electron chi connectivity index (χ4n) is 2.31. The van der Waals surface area contributed by atoms with Crippen LogP contribution in [0.2, 0.25) is 0 Å². The Morgan fingerprint density at radius 1 is 1.12 bits per heavy atom. The lowest BCUT2D eigenvalue weighted by Gasteiger charge is -2.13. The highest BCUT2D eigenvalue weighted by Gasteiger charge is 2.12. The largest absolute Gasteiger partial charge is 0.497 e. The number of carbonyl (C=O) groups excluding carboxylic acids is 1. The van der Waals surface area contributed by atoms with Crippen LogP contribution in [0, 0.1) is 11.8 Å². The third-order valence-corrected chi connectivity index (χ3v) is 3.60. The van der Waals surface area contributed by atoms with Crippen molar-refractivity contribution in [2.24, 2.45) is 0 Å². The molecular weight excluding hydrogens is 316 g/mol. The maximum absolute atomic E-state index is 12.3. The van der Waals surface area contributed by atoms with E-state index < -0.39 is 0 Å². The normalized spacial score (nSPS) is 9.60. The molecule has 130 valence electrons. The first kappa shape index (κ1) is 18.2. The molecule has 5 nitrogen and oxygen atoms in total. The molecule has 0 saturated heterocycles. The molecule has 0 saturated carbocycles. The van der Waals surface area contributed by atoms with E-state index in [-0.39, 0.29) is 12.5 Å². The summed E-state index contributed by atoms with van der Waals surface area (Å²) in [6.07, 6.45) is 0. The van der Waals surface area contributed by atoms with E-state index in [2.05, 4.69) is 17.2 Å². The van der Waals surface area contributed by atoms with E-state index in [0.717, 1.165) is 11.3 Å². The highest BCUT2D eigenvalue weighted by molar-refractivity contribution is 5.97. The Kier molecular flexibility index (Phi) is 6.30. The van der Waals surface area contributed by atoms with Gasteiger partial charge in [-0.25, -0.2) is 0 Å². The first-order valence-corrected chi connectivity index (χ1v) is 7.82. The highest BCUT2D eigenvalue weighted by Crippen LogP contribution is 2.24. The molecule has 0 atom stereocenters. The number of benzene rings is 2. The van der Waals surface area contributed by atoms with Crippen molar-refractivity contribution in [3.05, 3.63) is 53.6 Å². The van der Waals surface area contributed by atoms with Gasteiger partial charge in [0, 0.05) is 25.7 Å². The quantitative estimate of drug-likeness (QED) is 0.852. The van der Waals surface area contributed by atoms with Crippen LogP contribution in [0.15, 0.2) is 42.5 Å². The molecule has 0 spiro atoms. The highest BCUT2D eigenvalue weighted by atomic mass is 16.5. The molecule has 0 aromatic heterocycles. The Morgan fingerprint density at radius 3 is 2.56 bits per heavy atom.